The maximum absolute atomic E-state index is 13.0. The zero-order valence-corrected chi connectivity index (χ0v) is 14.9. The molecule has 3 rings (SSSR count). The molecule has 0 aromatic heterocycles. The molecule has 0 saturated heterocycles. The second-order valence-electron chi connectivity index (χ2n) is 6.15. The van der Waals surface area contributed by atoms with E-state index in [2.05, 4.69) is 5.32 Å². The highest BCUT2D eigenvalue weighted by Gasteiger charge is 2.17. The molecule has 0 saturated carbocycles. The molecule has 0 aliphatic carbocycles. The molecule has 0 unspecified atom stereocenters. The van der Waals surface area contributed by atoms with Gasteiger partial charge in [0.25, 0.3) is 11.8 Å². The third-order valence-corrected chi connectivity index (χ3v) is 4.12. The number of amides is 2. The fourth-order valence-corrected chi connectivity index (χ4v) is 2.71. The van der Waals surface area contributed by atoms with E-state index < -0.39 is 11.7 Å². The van der Waals surface area contributed by atoms with Crippen LogP contribution in [0.1, 0.15) is 26.3 Å². The number of nitrogens with one attached hydrogen (secondary N) is 1. The van der Waals surface area contributed by atoms with E-state index in [1.54, 1.807) is 36.2 Å². The first-order valence-electron chi connectivity index (χ1n) is 8.50. The van der Waals surface area contributed by atoms with Crippen LogP contribution < -0.4 is 5.32 Å². The SMILES string of the molecule is CN(Cc1ccccc1)C(=O)c1ccccc1NC(=O)c1ccc(F)cc1. The fraction of sp³-hybridized carbons (Fsp3) is 0.0909. The minimum absolute atomic E-state index is 0.200. The Morgan fingerprint density at radius 1 is 0.889 bits per heavy atom. The largest absolute Gasteiger partial charge is 0.337 e. The van der Waals surface area contributed by atoms with Crippen molar-refractivity contribution in [3.63, 3.8) is 0 Å². The van der Waals surface area contributed by atoms with Crippen molar-refractivity contribution >= 4 is 17.5 Å². The minimum atomic E-state index is -0.412. The quantitative estimate of drug-likeness (QED) is 0.734. The summed E-state index contributed by atoms with van der Waals surface area (Å²) in [7, 11) is 1.72. The highest BCUT2D eigenvalue weighted by molar-refractivity contribution is 6.08. The Kier molecular flexibility index (Phi) is 5.61. The standard InChI is InChI=1S/C22H19FN2O2/c1-25(15-16-7-3-2-4-8-16)22(27)19-9-5-6-10-20(19)24-21(26)17-11-13-18(23)14-12-17/h2-14H,15H2,1H3,(H,24,26). The van der Waals surface area contributed by atoms with Gasteiger partial charge in [-0.25, -0.2) is 4.39 Å². The van der Waals surface area contributed by atoms with E-state index in [-0.39, 0.29) is 5.91 Å². The summed E-state index contributed by atoms with van der Waals surface area (Å²) in [5, 5.41) is 2.74. The van der Waals surface area contributed by atoms with E-state index in [1.165, 1.54) is 24.3 Å². The molecular weight excluding hydrogens is 343 g/mol. The van der Waals surface area contributed by atoms with Gasteiger partial charge >= 0.3 is 0 Å². The van der Waals surface area contributed by atoms with Crippen LogP contribution in [0.5, 0.6) is 0 Å². The maximum atomic E-state index is 13.0. The van der Waals surface area contributed by atoms with Gasteiger partial charge in [0.1, 0.15) is 5.82 Å². The number of benzene rings is 3. The van der Waals surface area contributed by atoms with Crippen molar-refractivity contribution in [2.75, 3.05) is 12.4 Å². The molecule has 0 spiro atoms. The van der Waals surface area contributed by atoms with E-state index in [1.807, 2.05) is 30.3 Å². The summed E-state index contributed by atoms with van der Waals surface area (Å²) in [6.07, 6.45) is 0. The molecule has 0 radical (unpaired) electrons. The molecule has 1 N–H and O–H groups in total. The van der Waals surface area contributed by atoms with Crippen LogP contribution in [0, 0.1) is 5.82 Å². The Balaban J connectivity index is 1.77. The molecule has 136 valence electrons. The Hall–Kier alpha value is -3.47. The molecule has 0 atom stereocenters. The van der Waals surface area contributed by atoms with Gasteiger partial charge in [-0.15, -0.1) is 0 Å². The molecule has 0 heterocycles. The average Bonchev–Trinajstić information content (AvgIpc) is 2.69. The number of carbonyl (C=O) groups is 2. The van der Waals surface area contributed by atoms with Gasteiger partial charge in [0, 0.05) is 19.2 Å². The van der Waals surface area contributed by atoms with Crippen LogP contribution >= 0.6 is 0 Å². The Morgan fingerprint density at radius 2 is 1.52 bits per heavy atom. The summed E-state index contributed by atoms with van der Waals surface area (Å²) < 4.78 is 13.0. The van der Waals surface area contributed by atoms with Gasteiger partial charge in [-0.3, -0.25) is 9.59 Å². The lowest BCUT2D eigenvalue weighted by Crippen LogP contribution is -2.27. The van der Waals surface area contributed by atoms with Crippen LogP contribution in [0.25, 0.3) is 0 Å². The second-order valence-corrected chi connectivity index (χ2v) is 6.15. The van der Waals surface area contributed by atoms with Crippen molar-refractivity contribution in [2.24, 2.45) is 0 Å². The predicted molar refractivity (Wildman–Crippen MR) is 103 cm³/mol. The number of para-hydroxylation sites is 1. The molecule has 0 bridgehead atoms. The lowest BCUT2D eigenvalue weighted by Gasteiger charge is -2.19. The van der Waals surface area contributed by atoms with E-state index in [9.17, 15) is 14.0 Å². The number of hydrogen-bond acceptors (Lipinski definition) is 2. The lowest BCUT2D eigenvalue weighted by molar-refractivity contribution is 0.0786. The van der Waals surface area contributed by atoms with Crippen molar-refractivity contribution in [3.05, 3.63) is 101 Å². The van der Waals surface area contributed by atoms with E-state index in [0.29, 0.717) is 23.4 Å². The summed E-state index contributed by atoms with van der Waals surface area (Å²) in [5.74, 6) is -1.01. The number of halogens is 1. The highest BCUT2D eigenvalue weighted by Crippen LogP contribution is 2.19. The molecule has 2 amide bonds. The van der Waals surface area contributed by atoms with E-state index in [4.69, 9.17) is 0 Å². The number of hydrogen-bond donors (Lipinski definition) is 1. The van der Waals surface area contributed by atoms with Crippen LogP contribution in [0.4, 0.5) is 10.1 Å². The number of anilines is 1. The molecule has 0 aliphatic heterocycles. The smallest absolute Gasteiger partial charge is 0.256 e. The van der Waals surface area contributed by atoms with Gasteiger partial charge < -0.3 is 10.2 Å². The van der Waals surface area contributed by atoms with Crippen molar-refractivity contribution in [1.82, 2.24) is 4.90 Å². The first kappa shape index (κ1) is 18.3. The van der Waals surface area contributed by atoms with Crippen molar-refractivity contribution in [2.45, 2.75) is 6.54 Å². The predicted octanol–water partition coefficient (Wildman–Crippen LogP) is 4.35. The fourth-order valence-electron chi connectivity index (χ4n) is 2.71. The molecule has 3 aromatic carbocycles. The topological polar surface area (TPSA) is 49.4 Å². The zero-order valence-electron chi connectivity index (χ0n) is 14.9. The van der Waals surface area contributed by atoms with Gasteiger partial charge in [0.15, 0.2) is 0 Å². The normalized spacial score (nSPS) is 10.3. The molecule has 5 heteroatoms. The van der Waals surface area contributed by atoms with Crippen LogP contribution in [-0.2, 0) is 6.54 Å². The van der Waals surface area contributed by atoms with Crippen LogP contribution in [0.2, 0.25) is 0 Å². The maximum Gasteiger partial charge on any atom is 0.256 e. The number of nitrogens with zero attached hydrogens (tertiary/aromatic N) is 1. The molecule has 4 nitrogen and oxygen atoms in total. The van der Waals surface area contributed by atoms with Crippen molar-refractivity contribution in [3.8, 4) is 0 Å². The number of rotatable bonds is 5. The summed E-state index contributed by atoms with van der Waals surface area (Å²) in [5.41, 5.74) is 2.14. The summed E-state index contributed by atoms with van der Waals surface area (Å²) in [6.45, 7) is 0.458. The summed E-state index contributed by atoms with van der Waals surface area (Å²) in [6, 6.07) is 21.7. The first-order valence-corrected chi connectivity index (χ1v) is 8.50. The zero-order chi connectivity index (χ0) is 19.2. The first-order chi connectivity index (χ1) is 13.0. The van der Waals surface area contributed by atoms with Gasteiger partial charge in [-0.05, 0) is 42.0 Å². The second kappa shape index (κ2) is 8.27. The van der Waals surface area contributed by atoms with Crippen molar-refractivity contribution < 1.29 is 14.0 Å². The minimum Gasteiger partial charge on any atom is -0.337 e. The van der Waals surface area contributed by atoms with E-state index in [0.717, 1.165) is 5.56 Å². The molecule has 0 aliphatic rings. The Bertz CT molecular complexity index is 940. The summed E-state index contributed by atoms with van der Waals surface area (Å²) in [4.78, 5) is 26.9. The third-order valence-electron chi connectivity index (χ3n) is 4.12. The van der Waals surface area contributed by atoms with Crippen LogP contribution in [0.3, 0.4) is 0 Å². The average molecular weight is 362 g/mol. The molecule has 0 fully saturated rings. The summed E-state index contributed by atoms with van der Waals surface area (Å²) >= 11 is 0. The number of carbonyl (C=O) groups excluding carboxylic acids is 2. The molecule has 27 heavy (non-hydrogen) atoms. The Labute approximate surface area is 157 Å². The monoisotopic (exact) mass is 362 g/mol. The van der Waals surface area contributed by atoms with E-state index >= 15 is 0 Å². The van der Waals surface area contributed by atoms with Gasteiger partial charge in [0.2, 0.25) is 0 Å². The van der Waals surface area contributed by atoms with Gasteiger partial charge in [0.05, 0.1) is 11.3 Å². The van der Waals surface area contributed by atoms with Crippen LogP contribution in [-0.4, -0.2) is 23.8 Å². The molecule has 3 aromatic rings. The molecular formula is C22H19FN2O2. The Morgan fingerprint density at radius 3 is 2.22 bits per heavy atom. The van der Waals surface area contributed by atoms with Gasteiger partial charge in [-0.1, -0.05) is 42.5 Å². The third kappa shape index (κ3) is 4.58. The van der Waals surface area contributed by atoms with Gasteiger partial charge in [-0.2, -0.15) is 0 Å². The van der Waals surface area contributed by atoms with Crippen molar-refractivity contribution in [1.29, 1.82) is 0 Å². The lowest BCUT2D eigenvalue weighted by atomic mass is 10.1. The van der Waals surface area contributed by atoms with Crippen LogP contribution in [0.15, 0.2) is 78.9 Å². The highest BCUT2D eigenvalue weighted by atomic mass is 19.1.